The van der Waals surface area contributed by atoms with E-state index >= 15 is 0 Å². The number of rotatable bonds is 4. The van der Waals surface area contributed by atoms with Gasteiger partial charge >= 0.3 is 0 Å². The molecule has 0 aromatic heterocycles. The van der Waals surface area contributed by atoms with Crippen molar-refractivity contribution in [2.75, 3.05) is 26.1 Å². The fourth-order valence-corrected chi connectivity index (χ4v) is 4.05. The molecular formula is C13H18O5S. The predicted octanol–water partition coefficient (Wildman–Crippen LogP) is 1.36. The van der Waals surface area contributed by atoms with Crippen LogP contribution in [0.4, 0.5) is 0 Å². The van der Waals surface area contributed by atoms with Crippen molar-refractivity contribution in [3.05, 3.63) is 24.3 Å². The number of benzene rings is 1. The van der Waals surface area contributed by atoms with Crippen LogP contribution in [-0.4, -0.2) is 45.2 Å². The Labute approximate surface area is 113 Å². The molecule has 0 bridgehead atoms. The summed E-state index contributed by atoms with van der Waals surface area (Å²) in [5, 5.41) is 9.20. The van der Waals surface area contributed by atoms with E-state index in [4.69, 9.17) is 9.47 Å². The summed E-state index contributed by atoms with van der Waals surface area (Å²) in [6.45, 7) is 1.03. The minimum absolute atomic E-state index is 0.0477. The Morgan fingerprint density at radius 2 is 1.84 bits per heavy atom. The van der Waals surface area contributed by atoms with Gasteiger partial charge in [0, 0.05) is 33.2 Å². The molecule has 0 unspecified atom stereocenters. The molecule has 1 aromatic rings. The van der Waals surface area contributed by atoms with E-state index in [0.717, 1.165) is 0 Å². The van der Waals surface area contributed by atoms with Crippen molar-refractivity contribution in [3.8, 4) is 5.75 Å². The molecule has 1 aliphatic rings. The van der Waals surface area contributed by atoms with Gasteiger partial charge in [0.15, 0.2) is 9.84 Å². The molecule has 1 aromatic carbocycles. The summed E-state index contributed by atoms with van der Waals surface area (Å²) in [5.74, 6) is -0.0172. The summed E-state index contributed by atoms with van der Waals surface area (Å²) in [6, 6.07) is 5.56. The normalized spacial score (nSPS) is 19.2. The minimum Gasteiger partial charge on any atom is -0.508 e. The van der Waals surface area contributed by atoms with Crippen molar-refractivity contribution < 1.29 is 23.0 Å². The lowest BCUT2D eigenvalue weighted by Crippen LogP contribution is -2.44. The number of aromatic hydroxyl groups is 1. The van der Waals surface area contributed by atoms with Gasteiger partial charge in [-0.05, 0) is 24.3 Å². The van der Waals surface area contributed by atoms with Crippen LogP contribution < -0.4 is 0 Å². The average molecular weight is 286 g/mol. The summed E-state index contributed by atoms with van der Waals surface area (Å²) in [5.41, 5.74) is -0.672. The van der Waals surface area contributed by atoms with E-state index in [1.165, 1.54) is 31.4 Å². The van der Waals surface area contributed by atoms with Crippen molar-refractivity contribution in [2.24, 2.45) is 0 Å². The average Bonchev–Trinajstić information content (AvgIpc) is 2.40. The molecule has 6 heteroatoms. The molecule has 0 saturated carbocycles. The second kappa shape index (κ2) is 5.48. The number of phenolic OH excluding ortho intramolecular Hbond substituents is 1. The van der Waals surface area contributed by atoms with Gasteiger partial charge in [-0.3, -0.25) is 0 Å². The van der Waals surface area contributed by atoms with Gasteiger partial charge < -0.3 is 14.6 Å². The summed E-state index contributed by atoms with van der Waals surface area (Å²) in [6.07, 6.45) is 1.14. The molecule has 0 atom stereocenters. The van der Waals surface area contributed by atoms with Crippen molar-refractivity contribution in [1.29, 1.82) is 0 Å². The molecule has 1 saturated heterocycles. The maximum atomic E-state index is 12.4. The highest BCUT2D eigenvalue weighted by atomic mass is 32.2. The predicted molar refractivity (Wildman–Crippen MR) is 70.0 cm³/mol. The lowest BCUT2D eigenvalue weighted by atomic mass is 9.97. The Balaban J connectivity index is 2.22. The van der Waals surface area contributed by atoms with E-state index in [0.29, 0.717) is 26.1 Å². The van der Waals surface area contributed by atoms with Crippen molar-refractivity contribution in [2.45, 2.75) is 23.3 Å². The quantitative estimate of drug-likeness (QED) is 0.904. The maximum Gasteiger partial charge on any atom is 0.181 e. The van der Waals surface area contributed by atoms with Gasteiger partial charge in [0.25, 0.3) is 0 Å². The first-order valence-corrected chi connectivity index (χ1v) is 7.77. The highest BCUT2D eigenvalue weighted by Crippen LogP contribution is 2.29. The highest BCUT2D eigenvalue weighted by Gasteiger charge is 2.37. The third-order valence-corrected chi connectivity index (χ3v) is 5.38. The van der Waals surface area contributed by atoms with E-state index < -0.39 is 15.4 Å². The first-order chi connectivity index (χ1) is 8.97. The monoisotopic (exact) mass is 286 g/mol. The van der Waals surface area contributed by atoms with Crippen LogP contribution in [0.15, 0.2) is 29.2 Å². The van der Waals surface area contributed by atoms with E-state index in [9.17, 15) is 13.5 Å². The van der Waals surface area contributed by atoms with Crippen LogP contribution >= 0.6 is 0 Å². The molecule has 5 nitrogen and oxygen atoms in total. The van der Waals surface area contributed by atoms with Gasteiger partial charge in [-0.1, -0.05) is 0 Å². The van der Waals surface area contributed by atoms with Gasteiger partial charge in [-0.2, -0.15) is 0 Å². The Bertz CT molecular complexity index is 514. The van der Waals surface area contributed by atoms with Crippen LogP contribution in [0.25, 0.3) is 0 Å². The zero-order chi connectivity index (χ0) is 13.9. The molecule has 19 heavy (non-hydrogen) atoms. The first-order valence-electron chi connectivity index (χ1n) is 6.12. The second-order valence-electron chi connectivity index (χ2n) is 4.75. The Morgan fingerprint density at radius 1 is 1.26 bits per heavy atom. The topological polar surface area (TPSA) is 72.8 Å². The van der Waals surface area contributed by atoms with Crippen molar-refractivity contribution in [1.82, 2.24) is 0 Å². The highest BCUT2D eigenvalue weighted by molar-refractivity contribution is 7.91. The molecule has 0 radical (unpaired) electrons. The maximum absolute atomic E-state index is 12.4. The molecular weight excluding hydrogens is 268 g/mol. The zero-order valence-electron chi connectivity index (χ0n) is 10.8. The van der Waals surface area contributed by atoms with Gasteiger partial charge in [0.2, 0.25) is 0 Å². The van der Waals surface area contributed by atoms with Crippen LogP contribution in [0.5, 0.6) is 5.75 Å². The van der Waals surface area contributed by atoms with Gasteiger partial charge in [-0.25, -0.2) is 8.42 Å². The van der Waals surface area contributed by atoms with Crippen molar-refractivity contribution >= 4 is 9.84 Å². The molecule has 0 spiro atoms. The molecule has 0 aliphatic carbocycles. The fourth-order valence-electron chi connectivity index (χ4n) is 2.23. The summed E-state index contributed by atoms with van der Waals surface area (Å²) in [4.78, 5) is 0.202. The van der Waals surface area contributed by atoms with Gasteiger partial charge in [-0.15, -0.1) is 0 Å². The Hall–Kier alpha value is -1.11. The summed E-state index contributed by atoms with van der Waals surface area (Å²) < 4.78 is 35.5. The van der Waals surface area contributed by atoms with Crippen LogP contribution in [0.2, 0.25) is 0 Å². The fraction of sp³-hybridized carbons (Fsp3) is 0.538. The lowest BCUT2D eigenvalue weighted by molar-refractivity contribution is -0.0750. The number of phenols is 1. The van der Waals surface area contributed by atoms with Crippen LogP contribution in [0.3, 0.4) is 0 Å². The molecule has 106 valence electrons. The van der Waals surface area contributed by atoms with Gasteiger partial charge in [0.05, 0.1) is 16.2 Å². The van der Waals surface area contributed by atoms with E-state index in [-0.39, 0.29) is 16.4 Å². The Morgan fingerprint density at radius 3 is 2.37 bits per heavy atom. The number of sulfone groups is 1. The number of methoxy groups -OCH3 is 1. The number of hydrogen-bond acceptors (Lipinski definition) is 5. The molecule has 1 N–H and O–H groups in total. The van der Waals surface area contributed by atoms with Crippen LogP contribution in [0.1, 0.15) is 12.8 Å². The van der Waals surface area contributed by atoms with Crippen LogP contribution in [-0.2, 0) is 19.3 Å². The summed E-state index contributed by atoms with van der Waals surface area (Å²) >= 11 is 0. The SMILES string of the molecule is COC1(CS(=O)(=O)c2ccc(O)cc2)CCOCC1. The van der Waals surface area contributed by atoms with Crippen LogP contribution in [0, 0.1) is 0 Å². The molecule has 1 heterocycles. The molecule has 0 amide bonds. The molecule has 2 rings (SSSR count). The lowest BCUT2D eigenvalue weighted by Gasteiger charge is -2.35. The number of ether oxygens (including phenoxy) is 2. The minimum atomic E-state index is -3.44. The molecule has 1 aliphatic heterocycles. The zero-order valence-corrected chi connectivity index (χ0v) is 11.6. The third kappa shape index (κ3) is 3.26. The molecule has 1 fully saturated rings. The number of hydrogen-bond donors (Lipinski definition) is 1. The van der Waals surface area contributed by atoms with E-state index in [1.54, 1.807) is 0 Å². The third-order valence-electron chi connectivity index (χ3n) is 3.49. The Kier molecular flexibility index (Phi) is 4.13. The largest absolute Gasteiger partial charge is 0.508 e. The van der Waals surface area contributed by atoms with E-state index in [2.05, 4.69) is 0 Å². The smallest absolute Gasteiger partial charge is 0.181 e. The second-order valence-corrected chi connectivity index (χ2v) is 6.74. The standard InChI is InChI=1S/C13H18O5S/c1-17-13(6-8-18-9-7-13)10-19(15,16)12-4-2-11(14)3-5-12/h2-5,14H,6-10H2,1H3. The van der Waals surface area contributed by atoms with Crippen molar-refractivity contribution in [3.63, 3.8) is 0 Å². The van der Waals surface area contributed by atoms with E-state index in [1.807, 2.05) is 0 Å². The summed E-state index contributed by atoms with van der Waals surface area (Å²) in [7, 11) is -1.90. The van der Waals surface area contributed by atoms with Gasteiger partial charge in [0.1, 0.15) is 5.75 Å². The first kappa shape index (κ1) is 14.3.